The number of amides is 1. The number of benzene rings is 2. The number of anilines is 1. The largest absolute Gasteiger partial charge is 0.420 e. The van der Waals surface area contributed by atoms with Gasteiger partial charge >= 0.3 is 5.76 Å². The first-order valence-electron chi connectivity index (χ1n) is 7.02. The van der Waals surface area contributed by atoms with Gasteiger partial charge in [0.2, 0.25) is 5.91 Å². The van der Waals surface area contributed by atoms with Crippen molar-refractivity contribution in [3.63, 3.8) is 0 Å². The summed E-state index contributed by atoms with van der Waals surface area (Å²) >= 11 is 0. The molecular formula is C16H12N4O3. The highest BCUT2D eigenvalue weighted by Crippen LogP contribution is 2.17. The average Bonchev–Trinajstić information content (AvgIpc) is 3.12. The number of hydrogen-bond donors (Lipinski definition) is 2. The predicted molar refractivity (Wildman–Crippen MR) is 85.2 cm³/mol. The Bertz CT molecular complexity index is 1070. The molecular weight excluding hydrogens is 296 g/mol. The fourth-order valence-corrected chi connectivity index (χ4v) is 2.52. The van der Waals surface area contributed by atoms with E-state index in [0.717, 1.165) is 10.9 Å². The van der Waals surface area contributed by atoms with E-state index in [-0.39, 0.29) is 12.5 Å². The van der Waals surface area contributed by atoms with E-state index in [9.17, 15) is 9.59 Å². The molecule has 0 fully saturated rings. The molecule has 7 heteroatoms. The number of carbonyl (C=O) groups excluding carboxylic acids is 1. The van der Waals surface area contributed by atoms with E-state index < -0.39 is 5.76 Å². The number of para-hydroxylation sites is 2. The molecule has 2 aromatic carbocycles. The molecule has 0 spiro atoms. The van der Waals surface area contributed by atoms with Gasteiger partial charge in [-0.15, -0.1) is 0 Å². The van der Waals surface area contributed by atoms with Gasteiger partial charge in [-0.25, -0.2) is 4.79 Å². The van der Waals surface area contributed by atoms with Crippen molar-refractivity contribution >= 4 is 33.6 Å². The predicted octanol–water partition coefficient (Wildman–Crippen LogP) is 2.11. The molecule has 4 rings (SSSR count). The van der Waals surface area contributed by atoms with Crippen LogP contribution in [0.5, 0.6) is 0 Å². The summed E-state index contributed by atoms with van der Waals surface area (Å²) in [6, 6.07) is 12.4. The number of nitrogens with zero attached hydrogens (tertiary/aromatic N) is 2. The third-order valence-electron chi connectivity index (χ3n) is 3.60. The molecule has 0 atom stereocenters. The quantitative estimate of drug-likeness (QED) is 0.606. The molecule has 2 heterocycles. The minimum Gasteiger partial charge on any atom is -0.408 e. The van der Waals surface area contributed by atoms with Crippen molar-refractivity contribution in [1.29, 1.82) is 0 Å². The number of nitrogens with one attached hydrogen (secondary N) is 2. The lowest BCUT2D eigenvalue weighted by molar-refractivity contribution is -0.116. The summed E-state index contributed by atoms with van der Waals surface area (Å²) in [5.74, 6) is -0.858. The van der Waals surface area contributed by atoms with E-state index in [1.54, 1.807) is 42.6 Å². The van der Waals surface area contributed by atoms with E-state index in [1.807, 2.05) is 6.07 Å². The van der Waals surface area contributed by atoms with Gasteiger partial charge in [0.25, 0.3) is 0 Å². The molecule has 0 bridgehead atoms. The van der Waals surface area contributed by atoms with Crippen molar-refractivity contribution in [2.45, 2.75) is 6.54 Å². The molecule has 0 aliphatic carbocycles. The normalized spacial score (nSPS) is 11.1. The van der Waals surface area contributed by atoms with E-state index in [0.29, 0.717) is 16.8 Å². The summed E-state index contributed by atoms with van der Waals surface area (Å²) in [7, 11) is 0. The summed E-state index contributed by atoms with van der Waals surface area (Å²) in [6.07, 6.45) is 1.71. The minimum absolute atomic E-state index is 0.114. The highest BCUT2D eigenvalue weighted by atomic mass is 16.4. The highest BCUT2D eigenvalue weighted by Gasteiger charge is 2.12. The Balaban J connectivity index is 1.59. The van der Waals surface area contributed by atoms with Crippen LogP contribution in [0.1, 0.15) is 0 Å². The molecule has 0 aliphatic heterocycles. The number of fused-ring (bicyclic) bond motifs is 2. The van der Waals surface area contributed by atoms with Crippen molar-refractivity contribution in [2.75, 3.05) is 5.32 Å². The summed E-state index contributed by atoms with van der Waals surface area (Å²) in [6.45, 7) is -0.114. The van der Waals surface area contributed by atoms with Gasteiger partial charge in [-0.3, -0.25) is 14.5 Å². The molecule has 2 N–H and O–H groups in total. The maximum Gasteiger partial charge on any atom is 0.420 e. The second-order valence-electron chi connectivity index (χ2n) is 5.14. The lowest BCUT2D eigenvalue weighted by Crippen LogP contribution is -2.24. The topological polar surface area (TPSA) is 92.9 Å². The first-order valence-corrected chi connectivity index (χ1v) is 7.02. The SMILES string of the molecule is O=C(Cn1c(=O)oc2ccccc21)Nc1ccc2cn[nH]c2c1. The number of hydrogen-bond acceptors (Lipinski definition) is 4. The fourth-order valence-electron chi connectivity index (χ4n) is 2.52. The van der Waals surface area contributed by atoms with Crippen LogP contribution in [-0.4, -0.2) is 20.7 Å². The zero-order valence-electron chi connectivity index (χ0n) is 11.9. The first kappa shape index (κ1) is 13.3. The van der Waals surface area contributed by atoms with Crippen LogP contribution in [0.3, 0.4) is 0 Å². The van der Waals surface area contributed by atoms with Gasteiger partial charge in [-0.2, -0.15) is 5.10 Å². The minimum atomic E-state index is -0.551. The Hall–Kier alpha value is -3.35. The van der Waals surface area contributed by atoms with Gasteiger partial charge in [0.1, 0.15) is 6.54 Å². The van der Waals surface area contributed by atoms with Crippen LogP contribution < -0.4 is 11.1 Å². The van der Waals surface area contributed by atoms with Crippen molar-refractivity contribution in [3.8, 4) is 0 Å². The zero-order valence-corrected chi connectivity index (χ0v) is 11.9. The molecule has 114 valence electrons. The number of carbonyl (C=O) groups is 1. The van der Waals surface area contributed by atoms with Crippen molar-refractivity contribution in [3.05, 3.63) is 59.2 Å². The molecule has 4 aromatic rings. The van der Waals surface area contributed by atoms with Gasteiger partial charge in [-0.05, 0) is 30.3 Å². The number of oxazole rings is 1. The van der Waals surface area contributed by atoms with E-state index in [2.05, 4.69) is 15.5 Å². The highest BCUT2D eigenvalue weighted by molar-refractivity contribution is 5.93. The Labute approximate surface area is 129 Å². The number of aromatic amines is 1. The molecule has 23 heavy (non-hydrogen) atoms. The molecule has 0 unspecified atom stereocenters. The monoisotopic (exact) mass is 308 g/mol. The zero-order chi connectivity index (χ0) is 15.8. The third kappa shape index (κ3) is 2.38. The van der Waals surface area contributed by atoms with Gasteiger partial charge in [-0.1, -0.05) is 12.1 Å². The number of H-pyrrole nitrogens is 1. The van der Waals surface area contributed by atoms with Crippen LogP contribution in [0, 0.1) is 0 Å². The maximum atomic E-state index is 12.2. The fraction of sp³-hybridized carbons (Fsp3) is 0.0625. The second-order valence-corrected chi connectivity index (χ2v) is 5.14. The molecule has 0 saturated heterocycles. The Morgan fingerprint density at radius 2 is 2.13 bits per heavy atom. The summed E-state index contributed by atoms with van der Waals surface area (Å²) < 4.78 is 6.42. The van der Waals surface area contributed by atoms with Gasteiger partial charge in [0, 0.05) is 11.1 Å². The summed E-state index contributed by atoms with van der Waals surface area (Å²) in [5.41, 5.74) is 2.52. The number of rotatable bonds is 3. The Kier molecular flexibility index (Phi) is 2.97. The molecule has 2 aromatic heterocycles. The molecule has 1 amide bonds. The van der Waals surface area contributed by atoms with Gasteiger partial charge in [0.05, 0.1) is 17.2 Å². The molecule has 0 aliphatic rings. The van der Waals surface area contributed by atoms with Crippen molar-refractivity contribution < 1.29 is 9.21 Å². The van der Waals surface area contributed by atoms with E-state index in [1.165, 1.54) is 4.57 Å². The Morgan fingerprint density at radius 3 is 3.04 bits per heavy atom. The van der Waals surface area contributed by atoms with Crippen LogP contribution in [0.15, 0.2) is 57.9 Å². The van der Waals surface area contributed by atoms with Crippen LogP contribution >= 0.6 is 0 Å². The van der Waals surface area contributed by atoms with Crippen LogP contribution in [0.2, 0.25) is 0 Å². The summed E-state index contributed by atoms with van der Waals surface area (Å²) in [4.78, 5) is 24.1. The third-order valence-corrected chi connectivity index (χ3v) is 3.60. The van der Waals surface area contributed by atoms with Crippen LogP contribution in [-0.2, 0) is 11.3 Å². The maximum absolute atomic E-state index is 12.2. The van der Waals surface area contributed by atoms with E-state index in [4.69, 9.17) is 4.42 Å². The van der Waals surface area contributed by atoms with Crippen molar-refractivity contribution in [1.82, 2.24) is 14.8 Å². The molecule has 0 radical (unpaired) electrons. The van der Waals surface area contributed by atoms with Crippen LogP contribution in [0.4, 0.5) is 5.69 Å². The number of aromatic nitrogens is 3. The summed E-state index contributed by atoms with van der Waals surface area (Å²) in [5, 5.41) is 10.5. The van der Waals surface area contributed by atoms with Crippen molar-refractivity contribution in [2.24, 2.45) is 0 Å². The van der Waals surface area contributed by atoms with Gasteiger partial charge < -0.3 is 9.73 Å². The lowest BCUT2D eigenvalue weighted by atomic mass is 10.2. The molecule has 0 saturated carbocycles. The average molecular weight is 308 g/mol. The molecule has 7 nitrogen and oxygen atoms in total. The van der Waals surface area contributed by atoms with Gasteiger partial charge in [0.15, 0.2) is 5.58 Å². The first-order chi connectivity index (χ1) is 11.2. The standard InChI is InChI=1S/C16H12N4O3/c21-15(18-11-6-5-10-8-17-19-12(10)7-11)9-20-13-3-1-2-4-14(13)23-16(20)22/h1-8H,9H2,(H,17,19)(H,18,21). The lowest BCUT2D eigenvalue weighted by Gasteiger charge is -2.05. The second kappa shape index (κ2) is 5.13. The van der Waals surface area contributed by atoms with Crippen LogP contribution in [0.25, 0.3) is 22.0 Å². The van der Waals surface area contributed by atoms with E-state index >= 15 is 0 Å². The smallest absolute Gasteiger partial charge is 0.408 e. The Morgan fingerprint density at radius 1 is 1.26 bits per heavy atom.